The second kappa shape index (κ2) is 9.20. The van der Waals surface area contributed by atoms with Gasteiger partial charge in [-0.25, -0.2) is 0 Å². The molecule has 9 rings (SSSR count). The molecule has 0 amide bonds. The summed E-state index contributed by atoms with van der Waals surface area (Å²) >= 11 is 0. The Morgan fingerprint density at radius 3 is 1.58 bits per heavy atom. The van der Waals surface area contributed by atoms with E-state index in [9.17, 15) is 0 Å². The van der Waals surface area contributed by atoms with Gasteiger partial charge in [0.1, 0.15) is 0 Å². The second-order valence-corrected chi connectivity index (χ2v) is 11.4. The van der Waals surface area contributed by atoms with E-state index in [-0.39, 0.29) is 0 Å². The van der Waals surface area contributed by atoms with Crippen LogP contribution in [0.15, 0.2) is 152 Å². The summed E-state index contributed by atoms with van der Waals surface area (Å²) < 4.78 is 4.86. The van der Waals surface area contributed by atoms with Crippen molar-refractivity contribution in [2.45, 2.75) is 0 Å². The number of aryl methyl sites for hydroxylation is 1. The number of aromatic nitrogens is 2. The summed E-state index contributed by atoms with van der Waals surface area (Å²) in [5.41, 5.74) is 11.1. The van der Waals surface area contributed by atoms with Crippen LogP contribution in [0.3, 0.4) is 0 Å². The third-order valence-electron chi connectivity index (χ3n) is 9.10. The van der Waals surface area contributed by atoms with Gasteiger partial charge in [-0.15, -0.1) is 0 Å². The highest BCUT2D eigenvalue weighted by atomic mass is 15.0. The van der Waals surface area contributed by atoms with E-state index in [0.717, 1.165) is 0 Å². The van der Waals surface area contributed by atoms with Crippen molar-refractivity contribution in [2.75, 3.05) is 0 Å². The molecule has 43 heavy (non-hydrogen) atoms. The third kappa shape index (κ3) is 3.47. The predicted octanol–water partition coefficient (Wildman–Crippen LogP) is 10.9. The summed E-state index contributed by atoms with van der Waals surface area (Å²) in [6, 6.07) is 55.1. The molecule has 0 aliphatic heterocycles. The lowest BCUT2D eigenvalue weighted by atomic mass is 9.99. The molecule has 2 nitrogen and oxygen atoms in total. The minimum Gasteiger partial charge on any atom is -0.343 e. The number of hydrogen-bond acceptors (Lipinski definition) is 0. The van der Waals surface area contributed by atoms with Gasteiger partial charge in [0, 0.05) is 50.6 Å². The summed E-state index contributed by atoms with van der Waals surface area (Å²) in [4.78, 5) is 0. The second-order valence-electron chi connectivity index (χ2n) is 11.4. The molecule has 0 atom stereocenters. The van der Waals surface area contributed by atoms with Crippen molar-refractivity contribution in [3.05, 3.63) is 152 Å². The highest BCUT2D eigenvalue weighted by Gasteiger charge is 2.22. The lowest BCUT2D eigenvalue weighted by Crippen LogP contribution is -1.96. The summed E-state index contributed by atoms with van der Waals surface area (Å²) in [5.74, 6) is 0. The number of benzene rings is 7. The molecule has 0 saturated carbocycles. The lowest BCUT2D eigenvalue weighted by molar-refractivity contribution is 1.02. The largest absolute Gasteiger partial charge is 0.343 e. The highest BCUT2D eigenvalue weighted by molar-refractivity contribution is 6.37. The van der Waals surface area contributed by atoms with E-state index < -0.39 is 0 Å². The van der Waals surface area contributed by atoms with Gasteiger partial charge in [0.25, 0.3) is 0 Å². The van der Waals surface area contributed by atoms with E-state index in [2.05, 4.69) is 168 Å². The van der Waals surface area contributed by atoms with Gasteiger partial charge in [-0.2, -0.15) is 0 Å². The average molecular weight is 549 g/mol. The Hall–Kier alpha value is -5.60. The van der Waals surface area contributed by atoms with Crippen LogP contribution < -0.4 is 0 Å². The Balaban J connectivity index is 1.35. The summed E-state index contributed by atoms with van der Waals surface area (Å²) in [6.45, 7) is 0. The first-order valence-electron chi connectivity index (χ1n) is 14.9. The Bertz CT molecular complexity index is 2490. The van der Waals surface area contributed by atoms with Crippen LogP contribution in [-0.2, 0) is 7.05 Å². The highest BCUT2D eigenvalue weighted by Crippen LogP contribution is 2.45. The maximum Gasteiger partial charge on any atom is 0.0627 e. The van der Waals surface area contributed by atoms with Crippen molar-refractivity contribution in [3.63, 3.8) is 0 Å². The van der Waals surface area contributed by atoms with Gasteiger partial charge in [0.15, 0.2) is 0 Å². The van der Waals surface area contributed by atoms with Crippen LogP contribution in [0, 0.1) is 0 Å². The first-order valence-corrected chi connectivity index (χ1v) is 14.9. The first-order chi connectivity index (χ1) is 21.3. The maximum absolute atomic E-state index is 2.48. The molecule has 0 N–H and O–H groups in total. The van der Waals surface area contributed by atoms with Crippen LogP contribution in [-0.4, -0.2) is 9.13 Å². The molecule has 0 fully saturated rings. The molecule has 2 heterocycles. The van der Waals surface area contributed by atoms with Crippen molar-refractivity contribution < 1.29 is 0 Å². The van der Waals surface area contributed by atoms with E-state index >= 15 is 0 Å². The van der Waals surface area contributed by atoms with Crippen molar-refractivity contribution >= 4 is 54.4 Å². The lowest BCUT2D eigenvalue weighted by Gasteiger charge is -2.13. The van der Waals surface area contributed by atoms with Crippen molar-refractivity contribution in [1.82, 2.24) is 9.13 Å². The zero-order chi connectivity index (χ0) is 28.5. The summed E-state index contributed by atoms with van der Waals surface area (Å²) in [7, 11) is 2.20. The smallest absolute Gasteiger partial charge is 0.0627 e. The first kappa shape index (κ1) is 24.0. The SMILES string of the molecule is Cn1c2ccccc2c2c3c4ccccc4n(-c4cccc(-c5ccc(-c6ccccc6)cc5)c4)c3c3ccccc3c21. The monoisotopic (exact) mass is 548 g/mol. The number of nitrogens with zero attached hydrogens (tertiary/aromatic N) is 2. The van der Waals surface area contributed by atoms with E-state index in [1.54, 1.807) is 0 Å². The van der Waals surface area contributed by atoms with E-state index in [4.69, 9.17) is 0 Å². The molecule has 0 aliphatic carbocycles. The van der Waals surface area contributed by atoms with Crippen molar-refractivity contribution in [3.8, 4) is 27.9 Å². The number of hydrogen-bond donors (Lipinski definition) is 0. The Labute approximate surface area is 249 Å². The molecule has 2 aromatic heterocycles. The van der Waals surface area contributed by atoms with Gasteiger partial charge in [0.2, 0.25) is 0 Å². The van der Waals surface area contributed by atoms with Gasteiger partial charge in [-0.3, -0.25) is 0 Å². The predicted molar refractivity (Wildman–Crippen MR) is 183 cm³/mol. The molecule has 2 heteroatoms. The minimum atomic E-state index is 1.17. The molecule has 202 valence electrons. The number of para-hydroxylation sites is 2. The zero-order valence-electron chi connectivity index (χ0n) is 23.8. The fourth-order valence-electron chi connectivity index (χ4n) is 7.18. The van der Waals surface area contributed by atoms with E-state index in [1.807, 2.05) is 0 Å². The van der Waals surface area contributed by atoms with Crippen LogP contribution in [0.5, 0.6) is 0 Å². The van der Waals surface area contributed by atoms with Gasteiger partial charge >= 0.3 is 0 Å². The van der Waals surface area contributed by atoms with Crippen LogP contribution in [0.4, 0.5) is 0 Å². The van der Waals surface area contributed by atoms with Crippen LogP contribution in [0.25, 0.3) is 82.3 Å². The van der Waals surface area contributed by atoms with E-state index in [0.29, 0.717) is 0 Å². The molecular formula is C41H28N2. The Kier molecular flexibility index (Phi) is 5.15. The summed E-state index contributed by atoms with van der Waals surface area (Å²) in [5, 5.41) is 7.77. The standard InChI is InChI=1S/C41H28N2/c1-42-36-20-9-7-18-34(36)38-39-35-19-8-10-21-37(35)43(41(39)33-17-6-5-16-32(33)40(38)42)31-15-11-14-30(26-31)29-24-22-28(23-25-29)27-12-3-2-4-13-27/h2-26H,1H3. The topological polar surface area (TPSA) is 9.86 Å². The van der Waals surface area contributed by atoms with Crippen LogP contribution in [0.1, 0.15) is 0 Å². The van der Waals surface area contributed by atoms with E-state index in [1.165, 1.54) is 82.3 Å². The molecule has 0 unspecified atom stereocenters. The quantitative estimate of drug-likeness (QED) is 0.208. The molecular weight excluding hydrogens is 520 g/mol. The van der Waals surface area contributed by atoms with Gasteiger partial charge in [-0.1, -0.05) is 127 Å². The molecule has 0 aliphatic rings. The summed E-state index contributed by atoms with van der Waals surface area (Å²) in [6.07, 6.45) is 0. The fraction of sp³-hybridized carbons (Fsp3) is 0.0244. The molecule has 9 aromatic rings. The molecule has 0 bridgehead atoms. The minimum absolute atomic E-state index is 1.17. The third-order valence-corrected chi connectivity index (χ3v) is 9.10. The normalized spacial score (nSPS) is 11.8. The maximum atomic E-state index is 2.48. The molecule has 0 saturated heterocycles. The average Bonchev–Trinajstić information content (AvgIpc) is 3.58. The fourth-order valence-corrected chi connectivity index (χ4v) is 7.18. The van der Waals surface area contributed by atoms with Crippen LogP contribution in [0.2, 0.25) is 0 Å². The number of rotatable bonds is 3. The van der Waals surface area contributed by atoms with Crippen LogP contribution >= 0.6 is 0 Å². The van der Waals surface area contributed by atoms with Gasteiger partial charge in [-0.05, 0) is 46.5 Å². The molecule has 0 spiro atoms. The zero-order valence-corrected chi connectivity index (χ0v) is 23.8. The molecule has 0 radical (unpaired) electrons. The molecule has 7 aromatic carbocycles. The van der Waals surface area contributed by atoms with Crippen molar-refractivity contribution in [2.24, 2.45) is 7.05 Å². The van der Waals surface area contributed by atoms with Gasteiger partial charge < -0.3 is 9.13 Å². The number of fused-ring (bicyclic) bond motifs is 10. The Morgan fingerprint density at radius 1 is 0.372 bits per heavy atom. The van der Waals surface area contributed by atoms with Crippen molar-refractivity contribution in [1.29, 1.82) is 0 Å². The van der Waals surface area contributed by atoms with Gasteiger partial charge in [0.05, 0.1) is 16.6 Å². The Morgan fingerprint density at radius 2 is 0.860 bits per heavy atom.